The molecule has 1 aromatic carbocycles. The fraction of sp³-hybridized carbons (Fsp3) is 0.294. The van der Waals surface area contributed by atoms with Crippen molar-refractivity contribution in [3.05, 3.63) is 46.2 Å². The summed E-state index contributed by atoms with van der Waals surface area (Å²) in [6.07, 6.45) is 0.0538. The molecule has 0 saturated heterocycles. The van der Waals surface area contributed by atoms with E-state index in [0.717, 1.165) is 11.4 Å². The van der Waals surface area contributed by atoms with Crippen LogP contribution in [-0.4, -0.2) is 28.8 Å². The summed E-state index contributed by atoms with van der Waals surface area (Å²) in [4.78, 5) is 32.5. The zero-order valence-corrected chi connectivity index (χ0v) is 14.5. The number of aryl methyl sites for hydroxylation is 2. The van der Waals surface area contributed by atoms with E-state index in [0.29, 0.717) is 16.3 Å². The van der Waals surface area contributed by atoms with Gasteiger partial charge in [0.15, 0.2) is 5.78 Å². The second-order valence-corrected chi connectivity index (χ2v) is 5.73. The van der Waals surface area contributed by atoms with Crippen molar-refractivity contribution in [1.82, 2.24) is 9.97 Å². The number of halogens is 1. The summed E-state index contributed by atoms with van der Waals surface area (Å²) in [7, 11) is 1.48. The molecule has 0 aliphatic rings. The van der Waals surface area contributed by atoms with Gasteiger partial charge in [0.25, 0.3) is 0 Å². The molecule has 0 atom stereocenters. The van der Waals surface area contributed by atoms with Gasteiger partial charge >= 0.3 is 0 Å². The minimum absolute atomic E-state index is 0.0187. The average molecular weight is 348 g/mol. The molecule has 1 N–H and O–H groups in total. The Hall–Kier alpha value is -2.47. The van der Waals surface area contributed by atoms with Gasteiger partial charge < -0.3 is 4.74 Å². The number of hydrogen-bond donors (Lipinski definition) is 1. The highest BCUT2D eigenvalue weighted by atomic mass is 35.5. The van der Waals surface area contributed by atoms with Gasteiger partial charge in [0.2, 0.25) is 11.9 Å². The molecule has 0 radical (unpaired) electrons. The molecule has 0 unspecified atom stereocenters. The molecule has 1 aromatic heterocycles. The number of methoxy groups -OCH3 is 1. The number of benzene rings is 1. The molecule has 2 rings (SSSR count). The maximum absolute atomic E-state index is 12.3. The summed E-state index contributed by atoms with van der Waals surface area (Å²) in [6, 6.07) is 6.61. The molecule has 2 aromatic rings. The summed E-state index contributed by atoms with van der Waals surface area (Å²) in [6.45, 7) is 3.64. The second-order valence-electron chi connectivity index (χ2n) is 5.29. The number of carbonyl (C=O) groups is 2. The Kier molecular flexibility index (Phi) is 5.87. The van der Waals surface area contributed by atoms with Gasteiger partial charge in [-0.25, -0.2) is 9.97 Å². The Bertz CT molecular complexity index is 757. The summed E-state index contributed by atoms with van der Waals surface area (Å²) < 4.78 is 5.15. The Morgan fingerprint density at radius 3 is 2.42 bits per heavy atom. The minimum Gasteiger partial charge on any atom is -0.496 e. The van der Waals surface area contributed by atoms with Crippen molar-refractivity contribution in [3.63, 3.8) is 0 Å². The largest absolute Gasteiger partial charge is 0.496 e. The van der Waals surface area contributed by atoms with E-state index in [1.54, 1.807) is 12.1 Å². The minimum atomic E-state index is -0.325. The van der Waals surface area contributed by atoms with Crippen molar-refractivity contribution in [2.75, 3.05) is 12.4 Å². The SMILES string of the molecule is COc1ccc(Cl)cc1C(=O)CCC(=O)Nc1nc(C)cc(C)n1. The molecule has 126 valence electrons. The fourth-order valence-corrected chi connectivity index (χ4v) is 2.40. The first-order valence-corrected chi connectivity index (χ1v) is 7.75. The molecular weight excluding hydrogens is 330 g/mol. The number of rotatable bonds is 6. The van der Waals surface area contributed by atoms with Crippen LogP contribution in [0.4, 0.5) is 5.95 Å². The summed E-state index contributed by atoms with van der Waals surface area (Å²) in [5.41, 5.74) is 1.88. The molecule has 6 nitrogen and oxygen atoms in total. The Balaban J connectivity index is 1.98. The lowest BCUT2D eigenvalue weighted by molar-refractivity contribution is -0.116. The quantitative estimate of drug-likeness (QED) is 0.810. The highest BCUT2D eigenvalue weighted by Crippen LogP contribution is 2.24. The molecule has 1 heterocycles. The van der Waals surface area contributed by atoms with Gasteiger partial charge in [-0.2, -0.15) is 0 Å². The molecule has 0 aliphatic carbocycles. The third kappa shape index (κ3) is 4.76. The number of nitrogens with one attached hydrogen (secondary N) is 1. The predicted octanol–water partition coefficient (Wildman–Crippen LogP) is 3.36. The van der Waals surface area contributed by atoms with Crippen molar-refractivity contribution < 1.29 is 14.3 Å². The Morgan fingerprint density at radius 1 is 1.12 bits per heavy atom. The van der Waals surface area contributed by atoms with E-state index in [9.17, 15) is 9.59 Å². The van der Waals surface area contributed by atoms with Crippen LogP contribution in [0.1, 0.15) is 34.6 Å². The average Bonchev–Trinajstić information content (AvgIpc) is 2.51. The number of carbonyl (C=O) groups excluding carboxylic acids is 2. The first-order valence-electron chi connectivity index (χ1n) is 7.38. The number of ether oxygens (including phenoxy) is 1. The van der Waals surface area contributed by atoms with E-state index < -0.39 is 0 Å². The van der Waals surface area contributed by atoms with Gasteiger partial charge in [0.1, 0.15) is 5.75 Å². The topological polar surface area (TPSA) is 81.2 Å². The normalized spacial score (nSPS) is 10.3. The molecule has 0 fully saturated rings. The summed E-state index contributed by atoms with van der Waals surface area (Å²) in [5, 5.41) is 3.04. The van der Waals surface area contributed by atoms with Gasteiger partial charge in [-0.1, -0.05) is 11.6 Å². The number of aromatic nitrogens is 2. The highest BCUT2D eigenvalue weighted by Gasteiger charge is 2.15. The molecule has 7 heteroatoms. The van der Waals surface area contributed by atoms with Crippen molar-refractivity contribution in [2.24, 2.45) is 0 Å². The lowest BCUT2D eigenvalue weighted by Gasteiger charge is -2.08. The lowest BCUT2D eigenvalue weighted by atomic mass is 10.1. The molecule has 0 spiro atoms. The van der Waals surface area contributed by atoms with Crippen molar-refractivity contribution >= 4 is 29.2 Å². The number of ketones is 1. The number of nitrogens with zero attached hydrogens (tertiary/aromatic N) is 2. The summed E-state index contributed by atoms with van der Waals surface area (Å²) in [5.74, 6) is 0.132. The van der Waals surface area contributed by atoms with Gasteiger partial charge in [0.05, 0.1) is 12.7 Å². The number of amides is 1. The van der Waals surface area contributed by atoms with E-state index in [2.05, 4.69) is 15.3 Å². The number of Topliss-reactive ketones (excluding diaryl/α,β-unsaturated/α-hetero) is 1. The first-order chi connectivity index (χ1) is 11.4. The van der Waals surface area contributed by atoms with Crippen LogP contribution < -0.4 is 10.1 Å². The second kappa shape index (κ2) is 7.88. The monoisotopic (exact) mass is 347 g/mol. The van der Waals surface area contributed by atoms with Crippen LogP contribution in [-0.2, 0) is 4.79 Å². The van der Waals surface area contributed by atoms with Crippen LogP contribution in [0.2, 0.25) is 5.02 Å². The number of anilines is 1. The maximum atomic E-state index is 12.3. The molecule has 0 bridgehead atoms. The van der Waals surface area contributed by atoms with Crippen molar-refractivity contribution in [2.45, 2.75) is 26.7 Å². The smallest absolute Gasteiger partial charge is 0.229 e. The van der Waals surface area contributed by atoms with E-state index >= 15 is 0 Å². The van der Waals surface area contributed by atoms with E-state index in [1.807, 2.05) is 19.9 Å². The third-order valence-corrected chi connectivity index (χ3v) is 3.51. The van der Waals surface area contributed by atoms with Crippen LogP contribution in [0.25, 0.3) is 0 Å². The first kappa shape index (κ1) is 17.9. The van der Waals surface area contributed by atoms with Crippen LogP contribution in [0.15, 0.2) is 24.3 Å². The number of hydrogen-bond acceptors (Lipinski definition) is 5. The summed E-state index contributed by atoms with van der Waals surface area (Å²) >= 11 is 5.91. The predicted molar refractivity (Wildman–Crippen MR) is 91.7 cm³/mol. The van der Waals surface area contributed by atoms with Crippen molar-refractivity contribution in [1.29, 1.82) is 0 Å². The maximum Gasteiger partial charge on any atom is 0.229 e. The fourth-order valence-electron chi connectivity index (χ4n) is 2.23. The zero-order chi connectivity index (χ0) is 17.7. The van der Waals surface area contributed by atoms with Gasteiger partial charge in [-0.3, -0.25) is 14.9 Å². The van der Waals surface area contributed by atoms with E-state index in [1.165, 1.54) is 13.2 Å². The van der Waals surface area contributed by atoms with Gasteiger partial charge in [0, 0.05) is 29.3 Å². The van der Waals surface area contributed by atoms with Crippen LogP contribution in [0.5, 0.6) is 5.75 Å². The highest BCUT2D eigenvalue weighted by molar-refractivity contribution is 6.31. The van der Waals surface area contributed by atoms with Crippen LogP contribution >= 0.6 is 11.6 Å². The van der Waals surface area contributed by atoms with Gasteiger partial charge in [-0.05, 0) is 38.1 Å². The van der Waals surface area contributed by atoms with E-state index in [4.69, 9.17) is 16.3 Å². The van der Waals surface area contributed by atoms with Crippen molar-refractivity contribution in [3.8, 4) is 5.75 Å². The third-order valence-electron chi connectivity index (χ3n) is 3.27. The molecule has 24 heavy (non-hydrogen) atoms. The molecule has 0 saturated carbocycles. The van der Waals surface area contributed by atoms with Crippen LogP contribution in [0, 0.1) is 13.8 Å². The Morgan fingerprint density at radius 2 is 1.79 bits per heavy atom. The Labute approximate surface area is 145 Å². The standard InChI is InChI=1S/C17H18ClN3O3/c1-10-8-11(2)20-17(19-10)21-16(23)7-5-14(22)13-9-12(18)4-6-15(13)24-3/h4,6,8-9H,5,7H2,1-3H3,(H,19,20,21,23). The molecular formula is C17H18ClN3O3. The van der Waals surface area contributed by atoms with E-state index in [-0.39, 0.29) is 30.5 Å². The van der Waals surface area contributed by atoms with Crippen LogP contribution in [0.3, 0.4) is 0 Å². The van der Waals surface area contributed by atoms with Gasteiger partial charge in [-0.15, -0.1) is 0 Å². The zero-order valence-electron chi connectivity index (χ0n) is 13.7. The lowest BCUT2D eigenvalue weighted by Crippen LogP contribution is -2.16. The molecule has 1 amide bonds. The molecule has 0 aliphatic heterocycles.